The van der Waals surface area contributed by atoms with Crippen molar-refractivity contribution in [3.05, 3.63) is 65.0 Å². The fraction of sp³-hybridized carbons (Fsp3) is 0.133. The van der Waals surface area contributed by atoms with Crippen LogP contribution < -0.4 is 4.74 Å². The minimum Gasteiger partial charge on any atom is -0.485 e. The van der Waals surface area contributed by atoms with Crippen molar-refractivity contribution < 1.29 is 27.1 Å². The number of ether oxygens (including phenoxy) is 1. The molecule has 0 aliphatic heterocycles. The summed E-state index contributed by atoms with van der Waals surface area (Å²) in [6.07, 6.45) is -4.59. The lowest BCUT2D eigenvalue weighted by Gasteiger charge is -2.13. The molecule has 0 saturated carbocycles. The van der Waals surface area contributed by atoms with E-state index >= 15 is 0 Å². The number of hydrogen-bond acceptors (Lipinski definition) is 2. The first-order valence-electron chi connectivity index (χ1n) is 5.94. The van der Waals surface area contributed by atoms with E-state index in [1.807, 2.05) is 0 Å². The minimum absolute atomic E-state index is 0.0516. The summed E-state index contributed by atoms with van der Waals surface area (Å²) in [5, 5.41) is 0. The molecule has 0 heterocycles. The Bertz CT molecular complexity index is 636. The van der Waals surface area contributed by atoms with Crippen LogP contribution >= 0.6 is 0 Å². The summed E-state index contributed by atoms with van der Waals surface area (Å²) in [4.78, 5) is 10.9. The summed E-state index contributed by atoms with van der Waals surface area (Å²) >= 11 is 0. The van der Waals surface area contributed by atoms with Crippen molar-refractivity contribution >= 4 is 6.29 Å². The van der Waals surface area contributed by atoms with Crippen LogP contribution in [0.5, 0.6) is 5.75 Å². The van der Waals surface area contributed by atoms with Crippen molar-refractivity contribution in [2.45, 2.75) is 12.8 Å². The van der Waals surface area contributed by atoms with E-state index in [-0.39, 0.29) is 12.9 Å². The van der Waals surface area contributed by atoms with Crippen LogP contribution in [0.15, 0.2) is 42.5 Å². The van der Waals surface area contributed by atoms with E-state index in [1.165, 1.54) is 0 Å². The van der Waals surface area contributed by atoms with Gasteiger partial charge in [-0.2, -0.15) is 13.2 Å². The first-order valence-corrected chi connectivity index (χ1v) is 5.94. The molecule has 0 radical (unpaired) electrons. The highest BCUT2D eigenvalue weighted by Gasteiger charge is 2.32. The van der Waals surface area contributed by atoms with Gasteiger partial charge in [0.05, 0.1) is 11.1 Å². The molecule has 0 amide bonds. The Labute approximate surface area is 118 Å². The predicted octanol–water partition coefficient (Wildman–Crippen LogP) is 4.24. The molecule has 0 bridgehead atoms. The summed E-state index contributed by atoms with van der Waals surface area (Å²) in [5.74, 6) is -1.70. The lowest BCUT2D eigenvalue weighted by molar-refractivity contribution is -0.137. The van der Waals surface area contributed by atoms with E-state index in [0.29, 0.717) is 17.7 Å². The Morgan fingerprint density at radius 2 is 1.76 bits per heavy atom. The van der Waals surface area contributed by atoms with Gasteiger partial charge in [-0.05, 0) is 17.7 Å². The van der Waals surface area contributed by atoms with Gasteiger partial charge < -0.3 is 4.74 Å². The lowest BCUT2D eigenvalue weighted by Crippen LogP contribution is -2.08. The standard InChI is InChI=1S/C15H10F4O2/c16-13-7-12(15(17,18)19)6-11(8-20)14(13)21-9-10-4-2-1-3-5-10/h1-8H,9H2. The van der Waals surface area contributed by atoms with E-state index in [9.17, 15) is 22.4 Å². The van der Waals surface area contributed by atoms with E-state index < -0.39 is 28.9 Å². The summed E-state index contributed by atoms with van der Waals surface area (Å²) in [6, 6.07) is 9.55. The fourth-order valence-electron chi connectivity index (χ4n) is 1.75. The average Bonchev–Trinajstić information content (AvgIpc) is 2.45. The second-order valence-electron chi connectivity index (χ2n) is 4.27. The molecule has 0 atom stereocenters. The van der Waals surface area contributed by atoms with Crippen LogP contribution in [-0.2, 0) is 12.8 Å². The van der Waals surface area contributed by atoms with Gasteiger partial charge in [0.15, 0.2) is 17.9 Å². The van der Waals surface area contributed by atoms with Gasteiger partial charge in [0.1, 0.15) is 6.61 Å². The maximum atomic E-state index is 13.7. The first-order chi connectivity index (χ1) is 9.91. The molecule has 0 aliphatic carbocycles. The smallest absolute Gasteiger partial charge is 0.416 e. The molecule has 21 heavy (non-hydrogen) atoms. The molecule has 110 valence electrons. The second kappa shape index (κ2) is 5.95. The van der Waals surface area contributed by atoms with Crippen LogP contribution in [-0.4, -0.2) is 6.29 Å². The lowest BCUT2D eigenvalue weighted by atomic mass is 10.1. The van der Waals surface area contributed by atoms with Crippen LogP contribution in [0.4, 0.5) is 17.6 Å². The van der Waals surface area contributed by atoms with E-state index in [1.54, 1.807) is 30.3 Å². The minimum atomic E-state index is -4.73. The molecule has 6 heteroatoms. The Kier molecular flexibility index (Phi) is 4.26. The second-order valence-corrected chi connectivity index (χ2v) is 4.27. The zero-order valence-electron chi connectivity index (χ0n) is 10.7. The number of alkyl halides is 3. The monoisotopic (exact) mass is 298 g/mol. The normalized spacial score (nSPS) is 11.2. The van der Waals surface area contributed by atoms with Crippen molar-refractivity contribution in [2.75, 3.05) is 0 Å². The Morgan fingerprint density at radius 1 is 1.10 bits per heavy atom. The summed E-state index contributed by atoms with van der Waals surface area (Å²) < 4.78 is 56.5. The topological polar surface area (TPSA) is 26.3 Å². The molecular formula is C15H10F4O2. The van der Waals surface area contributed by atoms with Gasteiger partial charge in [0.2, 0.25) is 0 Å². The number of aldehydes is 1. The van der Waals surface area contributed by atoms with Gasteiger partial charge in [0.25, 0.3) is 0 Å². The molecule has 2 aromatic rings. The molecule has 2 aromatic carbocycles. The zero-order chi connectivity index (χ0) is 15.5. The third kappa shape index (κ3) is 3.59. The third-order valence-electron chi connectivity index (χ3n) is 2.75. The molecule has 0 spiro atoms. The van der Waals surface area contributed by atoms with Crippen LogP contribution in [0.2, 0.25) is 0 Å². The molecule has 0 aromatic heterocycles. The molecule has 0 N–H and O–H groups in total. The Morgan fingerprint density at radius 3 is 2.33 bits per heavy atom. The van der Waals surface area contributed by atoms with E-state index in [4.69, 9.17) is 4.74 Å². The molecular weight excluding hydrogens is 288 g/mol. The van der Waals surface area contributed by atoms with Gasteiger partial charge >= 0.3 is 6.18 Å². The highest BCUT2D eigenvalue weighted by molar-refractivity contribution is 5.80. The van der Waals surface area contributed by atoms with Crippen molar-refractivity contribution in [1.82, 2.24) is 0 Å². The zero-order valence-corrected chi connectivity index (χ0v) is 10.7. The maximum Gasteiger partial charge on any atom is 0.416 e. The summed E-state index contributed by atoms with van der Waals surface area (Å²) in [7, 11) is 0. The molecule has 2 rings (SSSR count). The van der Waals surface area contributed by atoms with Crippen LogP contribution in [0, 0.1) is 5.82 Å². The third-order valence-corrected chi connectivity index (χ3v) is 2.75. The van der Waals surface area contributed by atoms with Gasteiger partial charge in [-0.15, -0.1) is 0 Å². The van der Waals surface area contributed by atoms with Crippen molar-refractivity contribution in [1.29, 1.82) is 0 Å². The van der Waals surface area contributed by atoms with Crippen molar-refractivity contribution in [3.63, 3.8) is 0 Å². The quantitative estimate of drug-likeness (QED) is 0.623. The maximum absolute atomic E-state index is 13.7. The van der Waals surface area contributed by atoms with Gasteiger partial charge in [-0.3, -0.25) is 4.79 Å². The van der Waals surface area contributed by atoms with Crippen LogP contribution in [0.3, 0.4) is 0 Å². The average molecular weight is 298 g/mol. The van der Waals surface area contributed by atoms with Crippen molar-refractivity contribution in [2.24, 2.45) is 0 Å². The number of benzene rings is 2. The van der Waals surface area contributed by atoms with Gasteiger partial charge in [-0.25, -0.2) is 4.39 Å². The molecule has 0 aliphatic rings. The summed E-state index contributed by atoms with van der Waals surface area (Å²) in [5.41, 5.74) is -0.999. The first kappa shape index (κ1) is 15.0. The van der Waals surface area contributed by atoms with Crippen molar-refractivity contribution in [3.8, 4) is 5.75 Å². The van der Waals surface area contributed by atoms with E-state index in [2.05, 4.69) is 0 Å². The Hall–Kier alpha value is -2.37. The molecule has 0 unspecified atom stereocenters. The number of carbonyl (C=O) groups excluding carboxylic acids is 1. The largest absolute Gasteiger partial charge is 0.485 e. The van der Waals surface area contributed by atoms with E-state index in [0.717, 1.165) is 0 Å². The molecule has 0 saturated heterocycles. The molecule has 2 nitrogen and oxygen atoms in total. The highest BCUT2D eigenvalue weighted by atomic mass is 19.4. The number of rotatable bonds is 4. The van der Waals surface area contributed by atoms with Crippen LogP contribution in [0.25, 0.3) is 0 Å². The number of carbonyl (C=O) groups is 1. The highest BCUT2D eigenvalue weighted by Crippen LogP contribution is 2.34. The number of hydrogen-bond donors (Lipinski definition) is 0. The summed E-state index contributed by atoms with van der Waals surface area (Å²) in [6.45, 7) is -0.0516. The van der Waals surface area contributed by atoms with Crippen LogP contribution in [0.1, 0.15) is 21.5 Å². The SMILES string of the molecule is O=Cc1cc(C(F)(F)F)cc(F)c1OCc1ccccc1. The number of halogens is 4. The fourth-order valence-corrected chi connectivity index (χ4v) is 1.75. The van der Waals surface area contributed by atoms with Gasteiger partial charge in [0, 0.05) is 0 Å². The molecule has 0 fully saturated rings. The predicted molar refractivity (Wildman–Crippen MR) is 67.6 cm³/mol. The van der Waals surface area contributed by atoms with Gasteiger partial charge in [-0.1, -0.05) is 30.3 Å². The Balaban J connectivity index is 2.29.